The van der Waals surface area contributed by atoms with Gasteiger partial charge in [0.15, 0.2) is 0 Å². The molecule has 1 aromatic rings. The molecular weight excluding hydrogens is 264 g/mol. The molecule has 0 aromatic heterocycles. The zero-order valence-electron chi connectivity index (χ0n) is 12.9. The van der Waals surface area contributed by atoms with Gasteiger partial charge in [-0.25, -0.2) is 0 Å². The number of anilines is 1. The molecule has 1 fully saturated rings. The van der Waals surface area contributed by atoms with Crippen molar-refractivity contribution in [2.75, 3.05) is 18.0 Å². The molecule has 1 atom stereocenters. The summed E-state index contributed by atoms with van der Waals surface area (Å²) in [6.45, 7) is 5.35. The van der Waals surface area contributed by atoms with Crippen LogP contribution in [0.5, 0.6) is 0 Å². The number of benzene rings is 1. The van der Waals surface area contributed by atoms with Crippen LogP contribution in [0.15, 0.2) is 24.3 Å². The second-order valence-electron chi connectivity index (χ2n) is 5.74. The third-order valence-electron chi connectivity index (χ3n) is 3.92. The lowest BCUT2D eigenvalue weighted by Crippen LogP contribution is -2.33. The highest BCUT2D eigenvalue weighted by Gasteiger charge is 2.34. The summed E-state index contributed by atoms with van der Waals surface area (Å²) in [5.41, 5.74) is 2.04. The van der Waals surface area contributed by atoms with Crippen LogP contribution in [0.3, 0.4) is 0 Å². The van der Waals surface area contributed by atoms with Crippen molar-refractivity contribution in [1.29, 1.82) is 0 Å². The normalized spacial score (nSPS) is 18.1. The Morgan fingerprint density at radius 1 is 1.29 bits per heavy atom. The van der Waals surface area contributed by atoms with E-state index in [2.05, 4.69) is 12.2 Å². The first-order valence-corrected chi connectivity index (χ1v) is 7.76. The van der Waals surface area contributed by atoms with Crippen LogP contribution in [0.25, 0.3) is 0 Å². The third-order valence-corrected chi connectivity index (χ3v) is 3.92. The number of rotatable bonds is 6. The van der Waals surface area contributed by atoms with Gasteiger partial charge in [-0.1, -0.05) is 37.5 Å². The molecule has 0 aliphatic carbocycles. The summed E-state index contributed by atoms with van der Waals surface area (Å²) in [6, 6.07) is 7.85. The zero-order chi connectivity index (χ0) is 15.2. The lowest BCUT2D eigenvalue weighted by molar-refractivity contribution is -0.126. The number of unbranched alkanes of at least 4 members (excludes halogenated alkanes) is 2. The molecule has 2 amide bonds. The SMILES string of the molecule is CCCCCNC(=O)C1CC(=O)N(c2ccc(C)cc2)C1. The molecule has 4 nitrogen and oxygen atoms in total. The van der Waals surface area contributed by atoms with E-state index in [0.717, 1.165) is 30.5 Å². The van der Waals surface area contributed by atoms with E-state index in [1.807, 2.05) is 31.2 Å². The fourth-order valence-corrected chi connectivity index (χ4v) is 2.59. The lowest BCUT2D eigenvalue weighted by atomic mass is 10.1. The average molecular weight is 288 g/mol. The van der Waals surface area contributed by atoms with E-state index in [1.165, 1.54) is 0 Å². The molecule has 1 saturated heterocycles. The topological polar surface area (TPSA) is 49.4 Å². The van der Waals surface area contributed by atoms with Crippen LogP contribution in [0.2, 0.25) is 0 Å². The summed E-state index contributed by atoms with van der Waals surface area (Å²) in [5, 5.41) is 2.94. The van der Waals surface area contributed by atoms with Gasteiger partial charge in [0.2, 0.25) is 11.8 Å². The first kappa shape index (κ1) is 15.5. The van der Waals surface area contributed by atoms with Gasteiger partial charge < -0.3 is 10.2 Å². The number of amides is 2. The van der Waals surface area contributed by atoms with Gasteiger partial charge in [-0.3, -0.25) is 9.59 Å². The monoisotopic (exact) mass is 288 g/mol. The zero-order valence-corrected chi connectivity index (χ0v) is 12.9. The van der Waals surface area contributed by atoms with Crippen LogP contribution in [-0.2, 0) is 9.59 Å². The van der Waals surface area contributed by atoms with Crippen molar-refractivity contribution in [3.63, 3.8) is 0 Å². The minimum absolute atomic E-state index is 0.00839. The molecule has 1 aliphatic rings. The van der Waals surface area contributed by atoms with Crippen molar-refractivity contribution < 1.29 is 9.59 Å². The fourth-order valence-electron chi connectivity index (χ4n) is 2.59. The molecule has 1 unspecified atom stereocenters. The van der Waals surface area contributed by atoms with Gasteiger partial charge in [-0.15, -0.1) is 0 Å². The molecule has 1 aromatic carbocycles. The summed E-state index contributed by atoms with van der Waals surface area (Å²) < 4.78 is 0. The first-order valence-electron chi connectivity index (χ1n) is 7.76. The van der Waals surface area contributed by atoms with Gasteiger partial charge in [-0.05, 0) is 25.5 Å². The van der Waals surface area contributed by atoms with Crippen molar-refractivity contribution in [3.8, 4) is 0 Å². The van der Waals surface area contributed by atoms with Crippen LogP contribution in [0.4, 0.5) is 5.69 Å². The minimum Gasteiger partial charge on any atom is -0.356 e. The maximum absolute atomic E-state index is 12.1. The van der Waals surface area contributed by atoms with Crippen LogP contribution >= 0.6 is 0 Å². The van der Waals surface area contributed by atoms with Gasteiger partial charge in [-0.2, -0.15) is 0 Å². The van der Waals surface area contributed by atoms with Gasteiger partial charge in [0.25, 0.3) is 0 Å². The molecule has 1 N–H and O–H groups in total. The van der Waals surface area contributed by atoms with Gasteiger partial charge in [0.05, 0.1) is 5.92 Å². The summed E-state index contributed by atoms with van der Waals surface area (Å²) in [6.07, 6.45) is 3.58. The highest BCUT2D eigenvalue weighted by atomic mass is 16.2. The second-order valence-corrected chi connectivity index (χ2v) is 5.74. The highest BCUT2D eigenvalue weighted by molar-refractivity contribution is 6.00. The standard InChI is InChI=1S/C17H24N2O2/c1-3-4-5-10-18-17(21)14-11-16(20)19(12-14)15-8-6-13(2)7-9-15/h6-9,14H,3-5,10-12H2,1-2H3,(H,18,21). The lowest BCUT2D eigenvalue weighted by Gasteiger charge is -2.17. The molecule has 2 rings (SSSR count). The maximum Gasteiger partial charge on any atom is 0.227 e. The highest BCUT2D eigenvalue weighted by Crippen LogP contribution is 2.25. The van der Waals surface area contributed by atoms with E-state index < -0.39 is 0 Å². The van der Waals surface area contributed by atoms with Gasteiger partial charge in [0.1, 0.15) is 0 Å². The third kappa shape index (κ3) is 4.06. The predicted octanol–water partition coefficient (Wildman–Crippen LogP) is 2.65. The first-order chi connectivity index (χ1) is 10.1. The number of hydrogen-bond acceptors (Lipinski definition) is 2. The summed E-state index contributed by atoms with van der Waals surface area (Å²) in [4.78, 5) is 25.9. The van der Waals surface area contributed by atoms with Crippen molar-refractivity contribution in [2.24, 2.45) is 5.92 Å². The Labute approximate surface area is 126 Å². The summed E-state index contributed by atoms with van der Waals surface area (Å²) in [7, 11) is 0. The Balaban J connectivity index is 1.90. The molecule has 4 heteroatoms. The van der Waals surface area contributed by atoms with Crippen molar-refractivity contribution in [2.45, 2.75) is 39.5 Å². The summed E-state index contributed by atoms with van der Waals surface area (Å²) >= 11 is 0. The molecule has 114 valence electrons. The van der Waals surface area contributed by atoms with Crippen LogP contribution < -0.4 is 10.2 Å². The molecule has 0 radical (unpaired) electrons. The van der Waals surface area contributed by atoms with Gasteiger partial charge in [0, 0.05) is 25.2 Å². The summed E-state index contributed by atoms with van der Waals surface area (Å²) in [5.74, 6) is -0.179. The Morgan fingerprint density at radius 3 is 2.67 bits per heavy atom. The van der Waals surface area contributed by atoms with E-state index in [4.69, 9.17) is 0 Å². The van der Waals surface area contributed by atoms with E-state index in [9.17, 15) is 9.59 Å². The van der Waals surface area contributed by atoms with Crippen molar-refractivity contribution in [1.82, 2.24) is 5.32 Å². The fraction of sp³-hybridized carbons (Fsp3) is 0.529. The molecule has 0 spiro atoms. The second kappa shape index (κ2) is 7.25. The Kier molecular flexibility index (Phi) is 5.37. The van der Waals surface area contributed by atoms with Crippen molar-refractivity contribution in [3.05, 3.63) is 29.8 Å². The molecule has 1 aliphatic heterocycles. The number of nitrogens with zero attached hydrogens (tertiary/aromatic N) is 1. The van der Waals surface area contributed by atoms with Crippen LogP contribution in [-0.4, -0.2) is 24.9 Å². The molecule has 21 heavy (non-hydrogen) atoms. The largest absolute Gasteiger partial charge is 0.356 e. The van der Waals surface area contributed by atoms with Crippen LogP contribution in [0.1, 0.15) is 38.2 Å². The van der Waals surface area contributed by atoms with E-state index >= 15 is 0 Å². The van der Waals surface area contributed by atoms with E-state index in [0.29, 0.717) is 19.5 Å². The Hall–Kier alpha value is -1.84. The molecule has 0 saturated carbocycles. The van der Waals surface area contributed by atoms with Crippen LogP contribution in [0, 0.1) is 12.8 Å². The molecule has 0 bridgehead atoms. The number of hydrogen-bond donors (Lipinski definition) is 1. The quantitative estimate of drug-likeness (QED) is 0.818. The smallest absolute Gasteiger partial charge is 0.227 e. The number of carbonyl (C=O) groups is 2. The van der Waals surface area contributed by atoms with E-state index in [-0.39, 0.29) is 17.7 Å². The number of nitrogens with one attached hydrogen (secondary N) is 1. The predicted molar refractivity (Wildman–Crippen MR) is 84.2 cm³/mol. The van der Waals surface area contributed by atoms with Gasteiger partial charge >= 0.3 is 0 Å². The Morgan fingerprint density at radius 2 is 2.00 bits per heavy atom. The number of carbonyl (C=O) groups excluding carboxylic acids is 2. The van der Waals surface area contributed by atoms with Crippen molar-refractivity contribution >= 4 is 17.5 Å². The number of aryl methyl sites for hydroxylation is 1. The average Bonchev–Trinajstić information content (AvgIpc) is 2.86. The Bertz CT molecular complexity index is 496. The molecular formula is C17H24N2O2. The molecule has 1 heterocycles. The maximum atomic E-state index is 12.1. The van der Waals surface area contributed by atoms with E-state index in [1.54, 1.807) is 4.90 Å². The minimum atomic E-state index is -0.222.